The van der Waals surface area contributed by atoms with Crippen LogP contribution in [0.1, 0.15) is 6.92 Å². The van der Waals surface area contributed by atoms with Gasteiger partial charge in [-0.05, 0) is 6.92 Å². The molecule has 124 valence electrons. The van der Waals surface area contributed by atoms with Crippen LogP contribution in [0.15, 0.2) is 0 Å². The van der Waals surface area contributed by atoms with Crippen LogP contribution in [0.2, 0.25) is 0 Å². The second kappa shape index (κ2) is 7.79. The van der Waals surface area contributed by atoms with Crippen LogP contribution in [0.4, 0.5) is 0 Å². The Kier molecular flexibility index (Phi) is 6.37. The number of ketones is 1. The van der Waals surface area contributed by atoms with E-state index in [1.165, 1.54) is 27.0 Å². The third-order valence-electron chi connectivity index (χ3n) is 2.74. The second-order valence-electron chi connectivity index (χ2n) is 4.85. The van der Waals surface area contributed by atoms with Gasteiger partial charge in [0.25, 0.3) is 0 Å². The number of aliphatic carboxylic acids is 3. The SMILES string of the molecule is CC(=O)CN1N(CC(=O)O)CN(CC(=O)O)CN1CC(=O)O. The number of Topliss-reactive ketones (excluding diaryl/α,β-unsaturated/α-hetero) is 1. The van der Waals surface area contributed by atoms with Crippen molar-refractivity contribution in [1.82, 2.24) is 20.0 Å². The minimum atomic E-state index is -1.18. The fourth-order valence-electron chi connectivity index (χ4n) is 2.10. The highest BCUT2D eigenvalue weighted by atomic mass is 16.4. The number of carboxylic acids is 3. The van der Waals surface area contributed by atoms with Gasteiger partial charge in [-0.15, -0.1) is 0 Å². The van der Waals surface area contributed by atoms with Crippen LogP contribution in [0.3, 0.4) is 0 Å². The smallest absolute Gasteiger partial charge is 0.319 e. The van der Waals surface area contributed by atoms with E-state index in [9.17, 15) is 19.2 Å². The predicted octanol–water partition coefficient (Wildman–Crippen LogP) is -2.20. The van der Waals surface area contributed by atoms with Crippen molar-refractivity contribution in [2.24, 2.45) is 0 Å². The molecule has 0 aliphatic carbocycles. The minimum absolute atomic E-state index is 0.0397. The van der Waals surface area contributed by atoms with Crippen molar-refractivity contribution in [3.05, 3.63) is 0 Å². The number of hydrogen-bond acceptors (Lipinski definition) is 8. The molecule has 11 nitrogen and oxygen atoms in total. The lowest BCUT2D eigenvalue weighted by Crippen LogP contribution is -2.67. The van der Waals surface area contributed by atoms with E-state index in [0.717, 1.165) is 0 Å². The number of carbonyl (C=O) groups excluding carboxylic acids is 1. The Hall–Kier alpha value is -2.08. The summed E-state index contributed by atoms with van der Waals surface area (Å²) in [6.45, 7) is -0.327. The van der Waals surface area contributed by atoms with Crippen molar-refractivity contribution in [3.8, 4) is 0 Å². The van der Waals surface area contributed by atoms with Gasteiger partial charge in [0.05, 0.1) is 26.4 Å². The van der Waals surface area contributed by atoms with Gasteiger partial charge in [-0.1, -0.05) is 0 Å². The molecular weight excluding hydrogens is 300 g/mol. The summed E-state index contributed by atoms with van der Waals surface area (Å²) in [5.41, 5.74) is 0. The summed E-state index contributed by atoms with van der Waals surface area (Å²) in [7, 11) is 0. The Balaban J connectivity index is 2.97. The van der Waals surface area contributed by atoms with Gasteiger partial charge >= 0.3 is 17.9 Å². The number of hydrazine groups is 2. The van der Waals surface area contributed by atoms with Crippen molar-refractivity contribution in [3.63, 3.8) is 0 Å². The lowest BCUT2D eigenvalue weighted by molar-refractivity contribution is -0.254. The topological polar surface area (TPSA) is 142 Å². The number of rotatable bonds is 8. The molecule has 0 spiro atoms. The first-order valence-electron chi connectivity index (χ1n) is 6.33. The highest BCUT2D eigenvalue weighted by Crippen LogP contribution is 2.13. The third-order valence-corrected chi connectivity index (χ3v) is 2.74. The Morgan fingerprint density at radius 2 is 1.18 bits per heavy atom. The van der Waals surface area contributed by atoms with E-state index in [4.69, 9.17) is 15.3 Å². The fourth-order valence-corrected chi connectivity index (χ4v) is 2.10. The maximum atomic E-state index is 11.3. The van der Waals surface area contributed by atoms with Crippen LogP contribution in [-0.4, -0.2) is 98.6 Å². The van der Waals surface area contributed by atoms with Crippen molar-refractivity contribution in [2.45, 2.75) is 6.92 Å². The third kappa shape index (κ3) is 5.73. The quantitative estimate of drug-likeness (QED) is 0.448. The first-order chi connectivity index (χ1) is 10.2. The summed E-state index contributed by atoms with van der Waals surface area (Å²) in [6.07, 6.45) is 0. The highest BCUT2D eigenvalue weighted by Gasteiger charge is 2.34. The van der Waals surface area contributed by atoms with Crippen molar-refractivity contribution >= 4 is 23.7 Å². The lowest BCUT2D eigenvalue weighted by atomic mass is 10.4. The van der Waals surface area contributed by atoms with Crippen LogP contribution in [-0.2, 0) is 19.2 Å². The molecule has 1 fully saturated rings. The van der Waals surface area contributed by atoms with Gasteiger partial charge in [-0.2, -0.15) is 5.12 Å². The molecule has 0 aromatic rings. The molecule has 0 amide bonds. The van der Waals surface area contributed by atoms with E-state index in [1.807, 2.05) is 0 Å². The summed E-state index contributed by atoms with van der Waals surface area (Å²) in [6, 6.07) is 0. The summed E-state index contributed by atoms with van der Waals surface area (Å²) in [4.78, 5) is 45.4. The van der Waals surface area contributed by atoms with Crippen LogP contribution < -0.4 is 0 Å². The van der Waals surface area contributed by atoms with E-state index in [1.54, 1.807) is 0 Å². The first kappa shape index (κ1) is 18.0. The summed E-state index contributed by atoms with van der Waals surface area (Å²) >= 11 is 0. The molecule has 0 radical (unpaired) electrons. The maximum Gasteiger partial charge on any atom is 0.319 e. The molecule has 3 N–H and O–H groups in total. The monoisotopic (exact) mass is 318 g/mol. The zero-order chi connectivity index (χ0) is 16.9. The number of nitrogens with zero attached hydrogens (tertiary/aromatic N) is 4. The largest absolute Gasteiger partial charge is 0.480 e. The minimum Gasteiger partial charge on any atom is -0.480 e. The van der Waals surface area contributed by atoms with E-state index in [0.29, 0.717) is 0 Å². The number of carboxylic acid groups (broad SMARTS) is 3. The summed E-state index contributed by atoms with van der Waals surface area (Å²) in [5.74, 6) is -3.76. The molecule has 1 aliphatic rings. The highest BCUT2D eigenvalue weighted by molar-refractivity contribution is 5.77. The number of carbonyl (C=O) groups is 4. The van der Waals surface area contributed by atoms with Crippen LogP contribution in [0.25, 0.3) is 0 Å². The Morgan fingerprint density at radius 1 is 0.773 bits per heavy atom. The number of hydrogen-bond donors (Lipinski definition) is 3. The molecule has 0 aromatic carbocycles. The summed E-state index contributed by atoms with van der Waals surface area (Å²) in [5, 5.41) is 30.4. The van der Waals surface area contributed by atoms with E-state index >= 15 is 0 Å². The average Bonchev–Trinajstić information content (AvgIpc) is 2.30. The molecule has 0 atom stereocenters. The van der Waals surface area contributed by atoms with E-state index in [2.05, 4.69) is 0 Å². The van der Waals surface area contributed by atoms with Crippen molar-refractivity contribution < 1.29 is 34.5 Å². The normalized spacial score (nSPS) is 18.2. The molecule has 0 bridgehead atoms. The second-order valence-corrected chi connectivity index (χ2v) is 4.85. The Bertz CT molecular complexity index is 443. The van der Waals surface area contributed by atoms with Crippen molar-refractivity contribution in [1.29, 1.82) is 0 Å². The van der Waals surface area contributed by atoms with E-state index < -0.39 is 31.0 Å². The molecule has 11 heteroatoms. The van der Waals surface area contributed by atoms with Gasteiger partial charge in [-0.3, -0.25) is 24.1 Å². The van der Waals surface area contributed by atoms with E-state index in [-0.39, 0.29) is 32.2 Å². The molecule has 22 heavy (non-hydrogen) atoms. The molecule has 0 unspecified atom stereocenters. The molecule has 1 heterocycles. The zero-order valence-corrected chi connectivity index (χ0v) is 12.0. The van der Waals surface area contributed by atoms with Gasteiger partial charge in [0.1, 0.15) is 18.9 Å². The maximum absolute atomic E-state index is 11.3. The van der Waals surface area contributed by atoms with Crippen LogP contribution >= 0.6 is 0 Å². The lowest BCUT2D eigenvalue weighted by Gasteiger charge is -2.48. The van der Waals surface area contributed by atoms with Gasteiger partial charge in [0.15, 0.2) is 0 Å². The Labute approximate surface area is 125 Å². The molecular formula is C11H18N4O7. The van der Waals surface area contributed by atoms with Gasteiger partial charge in [0, 0.05) is 0 Å². The van der Waals surface area contributed by atoms with Gasteiger partial charge in [0.2, 0.25) is 0 Å². The molecule has 1 aliphatic heterocycles. The Morgan fingerprint density at radius 3 is 1.50 bits per heavy atom. The van der Waals surface area contributed by atoms with Crippen molar-refractivity contribution in [2.75, 3.05) is 39.5 Å². The molecule has 1 saturated heterocycles. The van der Waals surface area contributed by atoms with Crippen LogP contribution in [0.5, 0.6) is 0 Å². The standard InChI is InChI=1S/C11H18N4O7/c1-8(16)2-15-13(4-10(19)20)6-12(3-9(17)18)7-14(15)5-11(21)22/h2-7H2,1H3,(H,17,18)(H,19,20)(H,21,22). The zero-order valence-electron chi connectivity index (χ0n) is 12.0. The summed E-state index contributed by atoms with van der Waals surface area (Å²) < 4.78 is 0. The van der Waals surface area contributed by atoms with Gasteiger partial charge in [-0.25, -0.2) is 10.0 Å². The van der Waals surface area contributed by atoms with Gasteiger partial charge < -0.3 is 15.3 Å². The molecule has 0 saturated carbocycles. The van der Waals surface area contributed by atoms with Crippen LogP contribution in [0, 0.1) is 0 Å². The average molecular weight is 318 g/mol. The predicted molar refractivity (Wildman–Crippen MR) is 70.1 cm³/mol. The molecule has 1 rings (SSSR count). The molecule has 0 aromatic heterocycles. The fraction of sp³-hybridized carbons (Fsp3) is 0.636. The first-order valence-corrected chi connectivity index (χ1v) is 6.33.